The van der Waals surface area contributed by atoms with Crippen LogP contribution in [0.15, 0.2) is 54.6 Å². The molecule has 5 nitrogen and oxygen atoms in total. The van der Waals surface area contributed by atoms with Crippen molar-refractivity contribution in [2.75, 3.05) is 10.6 Å². The van der Waals surface area contributed by atoms with Crippen molar-refractivity contribution in [3.05, 3.63) is 76.0 Å². The minimum Gasteiger partial charge on any atom is -0.324 e. The second-order valence-corrected chi connectivity index (χ2v) is 6.19. The zero-order valence-corrected chi connectivity index (χ0v) is 14.8. The summed E-state index contributed by atoms with van der Waals surface area (Å²) < 4.78 is 0. The van der Waals surface area contributed by atoms with Gasteiger partial charge in [0, 0.05) is 27.1 Å². The zero-order chi connectivity index (χ0) is 17.8. The summed E-state index contributed by atoms with van der Waals surface area (Å²) in [6.45, 7) is 1.80. The minimum atomic E-state index is -0.332. The fraction of sp³-hybridized carbons (Fsp3) is 0.0556. The minimum absolute atomic E-state index is 0.256. The van der Waals surface area contributed by atoms with Crippen LogP contribution in [0.2, 0.25) is 10.0 Å². The lowest BCUT2D eigenvalue weighted by molar-refractivity contribution is 0.102. The Hall–Kier alpha value is -2.63. The van der Waals surface area contributed by atoms with Crippen molar-refractivity contribution in [1.29, 1.82) is 0 Å². The normalized spacial score (nSPS) is 10.4. The lowest BCUT2D eigenvalue weighted by atomic mass is 10.3. The number of benzene rings is 2. The molecule has 0 aliphatic rings. The molecule has 126 valence electrons. The average Bonchev–Trinajstić information content (AvgIpc) is 2.56. The molecule has 7 heteroatoms. The molecular weight excluding hydrogens is 359 g/mol. The summed E-state index contributed by atoms with van der Waals surface area (Å²) in [4.78, 5) is 21.0. The monoisotopic (exact) mass is 372 g/mol. The van der Waals surface area contributed by atoms with E-state index in [-0.39, 0.29) is 11.6 Å². The Morgan fingerprint density at radius 3 is 2.40 bits per heavy atom. The largest absolute Gasteiger partial charge is 0.324 e. The Morgan fingerprint density at radius 1 is 0.920 bits per heavy atom. The zero-order valence-electron chi connectivity index (χ0n) is 13.3. The second-order valence-electron chi connectivity index (χ2n) is 5.31. The third-order valence-corrected chi connectivity index (χ3v) is 3.76. The highest BCUT2D eigenvalue weighted by Gasteiger charge is 2.11. The van der Waals surface area contributed by atoms with Crippen LogP contribution < -0.4 is 10.6 Å². The van der Waals surface area contributed by atoms with Crippen molar-refractivity contribution >= 4 is 46.4 Å². The molecular formula is C18H14Cl2N4O. The Balaban J connectivity index is 1.80. The van der Waals surface area contributed by atoms with Gasteiger partial charge in [0.1, 0.15) is 5.69 Å². The van der Waals surface area contributed by atoms with Crippen molar-refractivity contribution in [2.45, 2.75) is 6.92 Å². The number of nitrogens with one attached hydrogen (secondary N) is 2. The van der Waals surface area contributed by atoms with E-state index in [9.17, 15) is 4.79 Å². The van der Waals surface area contributed by atoms with E-state index in [0.717, 1.165) is 5.69 Å². The molecule has 1 amide bonds. The summed E-state index contributed by atoms with van der Waals surface area (Å²) >= 11 is 11.8. The molecule has 3 aromatic rings. The van der Waals surface area contributed by atoms with E-state index >= 15 is 0 Å². The molecule has 2 N–H and O–H groups in total. The van der Waals surface area contributed by atoms with Crippen molar-refractivity contribution in [1.82, 2.24) is 9.97 Å². The number of hydrogen-bond acceptors (Lipinski definition) is 4. The van der Waals surface area contributed by atoms with Gasteiger partial charge in [-0.25, -0.2) is 9.97 Å². The first-order valence-electron chi connectivity index (χ1n) is 7.45. The first-order valence-corrected chi connectivity index (χ1v) is 8.20. The highest BCUT2D eigenvalue weighted by molar-refractivity contribution is 6.31. The van der Waals surface area contributed by atoms with E-state index in [1.54, 1.807) is 49.4 Å². The summed E-state index contributed by atoms with van der Waals surface area (Å²) in [6, 6.07) is 15.6. The van der Waals surface area contributed by atoms with Gasteiger partial charge in [-0.2, -0.15) is 0 Å². The lowest BCUT2D eigenvalue weighted by Crippen LogP contribution is -2.15. The fourth-order valence-corrected chi connectivity index (χ4v) is 2.48. The number of anilines is 3. The van der Waals surface area contributed by atoms with Crippen LogP contribution >= 0.6 is 23.2 Å². The third-order valence-electron chi connectivity index (χ3n) is 3.27. The number of aromatic nitrogens is 2. The third kappa shape index (κ3) is 4.68. The van der Waals surface area contributed by atoms with Gasteiger partial charge < -0.3 is 10.6 Å². The van der Waals surface area contributed by atoms with Gasteiger partial charge in [0.25, 0.3) is 5.91 Å². The first kappa shape index (κ1) is 17.2. The molecule has 1 heterocycles. The summed E-state index contributed by atoms with van der Waals surface area (Å²) in [5.41, 5.74) is 2.30. The van der Waals surface area contributed by atoms with E-state index in [2.05, 4.69) is 20.6 Å². The van der Waals surface area contributed by atoms with Crippen molar-refractivity contribution < 1.29 is 4.79 Å². The van der Waals surface area contributed by atoms with Gasteiger partial charge >= 0.3 is 0 Å². The maximum Gasteiger partial charge on any atom is 0.274 e. The highest BCUT2D eigenvalue weighted by atomic mass is 35.5. The molecule has 0 bridgehead atoms. The first-order chi connectivity index (χ1) is 12.0. The standard InChI is InChI=1S/C18H14Cl2N4O/c1-11-9-16(17(25)22-14-7-5-12(19)6-8-14)24-18(21-11)23-15-4-2-3-13(20)10-15/h2-10H,1H3,(H,22,25)(H,21,23,24). The van der Waals surface area contributed by atoms with Gasteiger partial charge in [0.15, 0.2) is 0 Å². The van der Waals surface area contributed by atoms with Crippen molar-refractivity contribution in [3.8, 4) is 0 Å². The van der Waals surface area contributed by atoms with E-state index in [0.29, 0.717) is 27.4 Å². The molecule has 0 unspecified atom stereocenters. The average molecular weight is 373 g/mol. The molecule has 0 fully saturated rings. The summed E-state index contributed by atoms with van der Waals surface area (Å²) in [6.07, 6.45) is 0. The molecule has 3 rings (SSSR count). The molecule has 0 saturated heterocycles. The van der Waals surface area contributed by atoms with Gasteiger partial charge in [-0.3, -0.25) is 4.79 Å². The van der Waals surface area contributed by atoms with Gasteiger partial charge in [-0.1, -0.05) is 29.3 Å². The number of carbonyl (C=O) groups is 1. The highest BCUT2D eigenvalue weighted by Crippen LogP contribution is 2.19. The van der Waals surface area contributed by atoms with Gasteiger partial charge in [0.2, 0.25) is 5.95 Å². The second kappa shape index (κ2) is 7.51. The molecule has 0 atom stereocenters. The Labute approximate surface area is 155 Å². The molecule has 0 saturated carbocycles. The van der Waals surface area contributed by atoms with Crippen LogP contribution in [-0.4, -0.2) is 15.9 Å². The molecule has 0 radical (unpaired) electrons. The van der Waals surface area contributed by atoms with Crippen LogP contribution in [0.3, 0.4) is 0 Å². The number of hydrogen-bond donors (Lipinski definition) is 2. The number of rotatable bonds is 4. The smallest absolute Gasteiger partial charge is 0.274 e. The SMILES string of the molecule is Cc1cc(C(=O)Nc2ccc(Cl)cc2)nc(Nc2cccc(Cl)c2)n1. The van der Waals surface area contributed by atoms with Crippen LogP contribution in [0.1, 0.15) is 16.2 Å². The molecule has 1 aromatic heterocycles. The summed E-state index contributed by atoms with van der Waals surface area (Å²) in [5.74, 6) is -0.00881. The van der Waals surface area contributed by atoms with Crippen LogP contribution in [0.25, 0.3) is 0 Å². The summed E-state index contributed by atoms with van der Waals surface area (Å²) in [7, 11) is 0. The molecule has 2 aromatic carbocycles. The van der Waals surface area contributed by atoms with Crippen LogP contribution in [0.5, 0.6) is 0 Å². The van der Waals surface area contributed by atoms with Crippen LogP contribution in [-0.2, 0) is 0 Å². The maximum atomic E-state index is 12.4. The van der Waals surface area contributed by atoms with Gasteiger partial charge in [-0.15, -0.1) is 0 Å². The Bertz CT molecular complexity index is 913. The lowest BCUT2D eigenvalue weighted by Gasteiger charge is -2.09. The quantitative estimate of drug-likeness (QED) is 0.669. The number of halogens is 2. The predicted octanol–water partition coefficient (Wildman–Crippen LogP) is 5.09. The van der Waals surface area contributed by atoms with E-state index in [4.69, 9.17) is 23.2 Å². The van der Waals surface area contributed by atoms with Crippen molar-refractivity contribution in [2.24, 2.45) is 0 Å². The van der Waals surface area contributed by atoms with Gasteiger partial charge in [-0.05, 0) is 55.5 Å². The molecule has 0 spiro atoms. The molecule has 0 aliphatic carbocycles. The van der Waals surface area contributed by atoms with E-state index in [1.165, 1.54) is 0 Å². The van der Waals surface area contributed by atoms with Crippen LogP contribution in [0.4, 0.5) is 17.3 Å². The number of carbonyl (C=O) groups excluding carboxylic acids is 1. The predicted molar refractivity (Wildman–Crippen MR) is 101 cm³/mol. The number of amides is 1. The van der Waals surface area contributed by atoms with E-state index in [1.807, 2.05) is 12.1 Å². The number of nitrogens with zero attached hydrogens (tertiary/aromatic N) is 2. The molecule has 0 aliphatic heterocycles. The van der Waals surface area contributed by atoms with Gasteiger partial charge in [0.05, 0.1) is 0 Å². The Kier molecular flexibility index (Phi) is 5.16. The maximum absolute atomic E-state index is 12.4. The van der Waals surface area contributed by atoms with Crippen molar-refractivity contribution in [3.63, 3.8) is 0 Å². The molecule has 25 heavy (non-hydrogen) atoms. The Morgan fingerprint density at radius 2 is 1.68 bits per heavy atom. The fourth-order valence-electron chi connectivity index (χ4n) is 2.16. The topological polar surface area (TPSA) is 66.9 Å². The van der Waals surface area contributed by atoms with Crippen LogP contribution in [0, 0.1) is 6.92 Å². The van der Waals surface area contributed by atoms with E-state index < -0.39 is 0 Å². The summed E-state index contributed by atoms with van der Waals surface area (Å²) in [5, 5.41) is 7.02. The number of aryl methyl sites for hydroxylation is 1.